The van der Waals surface area contributed by atoms with E-state index in [4.69, 9.17) is 0 Å². The lowest BCUT2D eigenvalue weighted by Crippen LogP contribution is -2.10. The average molecular weight is 352 g/mol. The lowest BCUT2D eigenvalue weighted by molar-refractivity contribution is -0.136. The highest BCUT2D eigenvalue weighted by atomic mass is 32.2. The minimum Gasteiger partial charge on any atom is -0.480 e. The number of pyridine rings is 1. The van der Waals surface area contributed by atoms with Gasteiger partial charge in [-0.05, 0) is 17.7 Å². The Balaban J connectivity index is 1.98. The zero-order valence-corrected chi connectivity index (χ0v) is 14.1. The summed E-state index contributed by atoms with van der Waals surface area (Å²) < 4.78 is 1.84. The highest BCUT2D eigenvalue weighted by Gasteiger charge is 2.25. The van der Waals surface area contributed by atoms with E-state index in [-0.39, 0.29) is 0 Å². The Morgan fingerprint density at radius 2 is 2.04 bits per heavy atom. The molecule has 0 aliphatic carbocycles. The van der Waals surface area contributed by atoms with Crippen LogP contribution in [0.4, 0.5) is 0 Å². The number of aromatic nitrogens is 4. The Bertz CT molecular complexity index is 865. The molecule has 0 saturated carbocycles. The molecular formula is C18H16N4O2S. The van der Waals surface area contributed by atoms with Crippen molar-refractivity contribution in [3.05, 3.63) is 73.1 Å². The molecule has 3 rings (SSSR count). The Hall–Kier alpha value is -2.93. The van der Waals surface area contributed by atoms with Crippen LogP contribution in [0.5, 0.6) is 0 Å². The first-order chi connectivity index (χ1) is 12.2. The summed E-state index contributed by atoms with van der Waals surface area (Å²) in [7, 11) is 0. The van der Waals surface area contributed by atoms with Crippen LogP contribution in [0.1, 0.15) is 10.8 Å². The fourth-order valence-corrected chi connectivity index (χ4v) is 3.35. The van der Waals surface area contributed by atoms with Crippen LogP contribution in [0.25, 0.3) is 11.4 Å². The van der Waals surface area contributed by atoms with Crippen molar-refractivity contribution >= 4 is 17.7 Å². The molecule has 1 aromatic carbocycles. The van der Waals surface area contributed by atoms with Crippen LogP contribution >= 0.6 is 11.8 Å². The number of nitrogens with zero attached hydrogens (tertiary/aromatic N) is 4. The maximum atomic E-state index is 11.7. The van der Waals surface area contributed by atoms with Gasteiger partial charge in [0.25, 0.3) is 0 Å². The van der Waals surface area contributed by atoms with Crippen molar-refractivity contribution in [1.82, 2.24) is 19.7 Å². The fourth-order valence-electron chi connectivity index (χ4n) is 2.37. The topological polar surface area (TPSA) is 80.9 Å². The van der Waals surface area contributed by atoms with Gasteiger partial charge in [0.05, 0.1) is 0 Å². The summed E-state index contributed by atoms with van der Waals surface area (Å²) in [4.78, 5) is 15.8. The van der Waals surface area contributed by atoms with E-state index < -0.39 is 11.2 Å². The summed E-state index contributed by atoms with van der Waals surface area (Å²) in [6, 6.07) is 12.8. The van der Waals surface area contributed by atoms with Crippen LogP contribution in [0, 0.1) is 0 Å². The maximum absolute atomic E-state index is 11.7. The molecule has 2 aromatic heterocycles. The third kappa shape index (κ3) is 3.77. The monoisotopic (exact) mass is 352 g/mol. The number of allylic oxidation sites excluding steroid dienone is 1. The van der Waals surface area contributed by atoms with Crippen molar-refractivity contribution in [2.24, 2.45) is 0 Å². The van der Waals surface area contributed by atoms with Gasteiger partial charge in [-0.15, -0.1) is 16.8 Å². The van der Waals surface area contributed by atoms with Gasteiger partial charge in [-0.1, -0.05) is 48.2 Å². The van der Waals surface area contributed by atoms with E-state index in [0.717, 1.165) is 17.3 Å². The highest BCUT2D eigenvalue weighted by molar-refractivity contribution is 8.00. The summed E-state index contributed by atoms with van der Waals surface area (Å²) >= 11 is 1.15. The Kier molecular flexibility index (Phi) is 5.25. The third-order valence-electron chi connectivity index (χ3n) is 3.50. The van der Waals surface area contributed by atoms with Crippen LogP contribution in [-0.4, -0.2) is 30.8 Å². The molecule has 7 heteroatoms. The minimum atomic E-state index is -0.924. The van der Waals surface area contributed by atoms with Gasteiger partial charge in [0, 0.05) is 24.5 Å². The smallest absolute Gasteiger partial charge is 0.321 e. The van der Waals surface area contributed by atoms with E-state index in [2.05, 4.69) is 21.8 Å². The van der Waals surface area contributed by atoms with Crippen molar-refractivity contribution in [1.29, 1.82) is 0 Å². The van der Waals surface area contributed by atoms with Crippen molar-refractivity contribution < 1.29 is 9.90 Å². The van der Waals surface area contributed by atoms with Gasteiger partial charge in [0.2, 0.25) is 0 Å². The number of aliphatic carboxylic acids is 1. The van der Waals surface area contributed by atoms with Crippen molar-refractivity contribution in [3.8, 4) is 11.4 Å². The Labute approximate surface area is 149 Å². The number of benzene rings is 1. The summed E-state index contributed by atoms with van der Waals surface area (Å²) in [5.74, 6) is -0.292. The largest absolute Gasteiger partial charge is 0.480 e. The summed E-state index contributed by atoms with van der Waals surface area (Å²) in [6.45, 7) is 4.24. The molecule has 3 aromatic rings. The molecular weight excluding hydrogens is 336 g/mol. The number of rotatable bonds is 7. The Morgan fingerprint density at radius 1 is 1.24 bits per heavy atom. The molecule has 0 saturated heterocycles. The lowest BCUT2D eigenvalue weighted by atomic mass is 10.1. The number of hydrogen-bond acceptors (Lipinski definition) is 5. The number of carboxylic acids is 1. The molecule has 0 aliphatic heterocycles. The van der Waals surface area contributed by atoms with Gasteiger partial charge in [-0.3, -0.25) is 14.3 Å². The normalized spacial score (nSPS) is 11.8. The molecule has 1 N–H and O–H groups in total. The fraction of sp³-hybridized carbons (Fsp3) is 0.111. The molecule has 0 aliphatic rings. The van der Waals surface area contributed by atoms with Gasteiger partial charge < -0.3 is 5.11 Å². The van der Waals surface area contributed by atoms with Crippen LogP contribution in [0.15, 0.2) is 72.7 Å². The predicted molar refractivity (Wildman–Crippen MR) is 96.1 cm³/mol. The molecule has 0 amide bonds. The molecule has 0 bridgehead atoms. The molecule has 0 fully saturated rings. The van der Waals surface area contributed by atoms with E-state index in [0.29, 0.717) is 23.1 Å². The maximum Gasteiger partial charge on any atom is 0.321 e. The number of hydrogen-bond donors (Lipinski definition) is 1. The first-order valence-corrected chi connectivity index (χ1v) is 8.47. The molecule has 6 nitrogen and oxygen atoms in total. The summed E-state index contributed by atoms with van der Waals surface area (Å²) in [5, 5.41) is 17.8. The SMILES string of the molecule is C=CCn1c(S[C@@H](C(=O)O)c2ccccc2)nnc1-c1cccnc1. The van der Waals surface area contributed by atoms with E-state index in [9.17, 15) is 9.90 Å². The first-order valence-electron chi connectivity index (χ1n) is 7.59. The van der Waals surface area contributed by atoms with Crippen LogP contribution in [-0.2, 0) is 11.3 Å². The third-order valence-corrected chi connectivity index (χ3v) is 4.72. The van der Waals surface area contributed by atoms with Gasteiger partial charge in [-0.2, -0.15) is 0 Å². The highest BCUT2D eigenvalue weighted by Crippen LogP contribution is 2.35. The van der Waals surface area contributed by atoms with Gasteiger partial charge in [-0.25, -0.2) is 0 Å². The molecule has 126 valence electrons. The summed E-state index contributed by atoms with van der Waals surface area (Å²) in [6.07, 6.45) is 5.11. The molecule has 0 radical (unpaired) electrons. The predicted octanol–water partition coefficient (Wildman–Crippen LogP) is 3.44. The van der Waals surface area contributed by atoms with Crippen LogP contribution < -0.4 is 0 Å². The zero-order chi connectivity index (χ0) is 17.6. The van der Waals surface area contributed by atoms with Crippen molar-refractivity contribution in [2.75, 3.05) is 0 Å². The van der Waals surface area contributed by atoms with Crippen molar-refractivity contribution in [3.63, 3.8) is 0 Å². The number of carbonyl (C=O) groups is 1. The minimum absolute atomic E-state index is 0.473. The summed E-state index contributed by atoms with van der Waals surface area (Å²) in [5.41, 5.74) is 1.52. The molecule has 1 atom stereocenters. The second-order valence-electron chi connectivity index (χ2n) is 5.19. The van der Waals surface area contributed by atoms with Gasteiger partial charge in [0.1, 0.15) is 5.25 Å². The van der Waals surface area contributed by atoms with E-state index >= 15 is 0 Å². The van der Waals surface area contributed by atoms with Gasteiger partial charge in [0.15, 0.2) is 11.0 Å². The van der Waals surface area contributed by atoms with Crippen molar-refractivity contribution in [2.45, 2.75) is 17.0 Å². The molecule has 0 unspecified atom stereocenters. The second-order valence-corrected chi connectivity index (χ2v) is 6.27. The Morgan fingerprint density at radius 3 is 2.68 bits per heavy atom. The molecule has 2 heterocycles. The average Bonchev–Trinajstić information content (AvgIpc) is 3.04. The van der Waals surface area contributed by atoms with E-state index in [1.165, 1.54) is 0 Å². The molecule has 0 spiro atoms. The second kappa shape index (κ2) is 7.76. The van der Waals surface area contributed by atoms with E-state index in [1.807, 2.05) is 34.9 Å². The first kappa shape index (κ1) is 16.9. The number of thioether (sulfide) groups is 1. The molecule has 25 heavy (non-hydrogen) atoms. The quantitative estimate of drug-likeness (QED) is 0.518. The van der Waals surface area contributed by atoms with Crippen LogP contribution in [0.2, 0.25) is 0 Å². The lowest BCUT2D eigenvalue weighted by Gasteiger charge is -2.13. The van der Waals surface area contributed by atoms with Crippen LogP contribution in [0.3, 0.4) is 0 Å². The zero-order valence-electron chi connectivity index (χ0n) is 13.3. The number of carboxylic acid groups (broad SMARTS) is 1. The van der Waals surface area contributed by atoms with E-state index in [1.54, 1.807) is 30.6 Å². The van der Waals surface area contributed by atoms with Gasteiger partial charge >= 0.3 is 5.97 Å². The standard InChI is InChI=1S/C18H16N4O2S/c1-2-11-22-16(14-9-6-10-19-12-14)20-21-18(22)25-15(17(23)24)13-7-4-3-5-8-13/h2-10,12,15H,1,11H2,(H,23,24)/t15-/m1/s1.